The molecule has 3 N–H and O–H groups in total. The summed E-state index contributed by atoms with van der Waals surface area (Å²) in [5, 5.41) is 21.2. The van der Waals surface area contributed by atoms with E-state index >= 15 is 0 Å². The molecule has 1 aromatic rings. The van der Waals surface area contributed by atoms with Gasteiger partial charge in [-0.25, -0.2) is 0 Å². The van der Waals surface area contributed by atoms with Crippen LogP contribution in [0.3, 0.4) is 0 Å². The summed E-state index contributed by atoms with van der Waals surface area (Å²) in [5.41, 5.74) is 8.48. The lowest BCUT2D eigenvalue weighted by atomic mass is 9.83. The number of aryl methyl sites for hydroxylation is 1. The van der Waals surface area contributed by atoms with Crippen LogP contribution >= 0.6 is 0 Å². The van der Waals surface area contributed by atoms with E-state index in [1.807, 2.05) is 20.8 Å². The van der Waals surface area contributed by atoms with Crippen LogP contribution in [0.1, 0.15) is 44.0 Å². The Balaban J connectivity index is 2.26. The molecule has 1 aromatic heterocycles. The van der Waals surface area contributed by atoms with Gasteiger partial charge in [0.05, 0.1) is 17.8 Å². The second-order valence-corrected chi connectivity index (χ2v) is 5.23. The number of nitrogens with one attached hydrogen (secondary N) is 1. The molecule has 0 bridgehead atoms. The number of hydrogen-bond acceptors (Lipinski definition) is 6. The lowest BCUT2D eigenvalue weighted by Crippen LogP contribution is -2.60. The zero-order valence-electron chi connectivity index (χ0n) is 12.9. The van der Waals surface area contributed by atoms with Gasteiger partial charge in [0.1, 0.15) is 11.6 Å². The fourth-order valence-electron chi connectivity index (χ4n) is 2.78. The van der Waals surface area contributed by atoms with Crippen molar-refractivity contribution in [2.45, 2.75) is 58.2 Å². The normalized spacial score (nSPS) is 24.2. The molecule has 6 nitrogen and oxygen atoms in total. The molecule has 21 heavy (non-hydrogen) atoms. The molecule has 0 saturated heterocycles. The summed E-state index contributed by atoms with van der Waals surface area (Å²) in [6.07, 6.45) is 2.45. The second kappa shape index (κ2) is 6.83. The Hall–Kier alpha value is -1.71. The Morgan fingerprint density at radius 3 is 2.62 bits per heavy atom. The van der Waals surface area contributed by atoms with Crippen molar-refractivity contribution in [2.24, 2.45) is 5.73 Å². The average molecular weight is 289 g/mol. The molecule has 0 aliphatic heterocycles. The van der Waals surface area contributed by atoms with Crippen LogP contribution in [-0.4, -0.2) is 35.0 Å². The summed E-state index contributed by atoms with van der Waals surface area (Å²) in [7, 11) is 0. The van der Waals surface area contributed by atoms with Gasteiger partial charge in [-0.1, -0.05) is 13.8 Å². The maximum Gasteiger partial charge on any atom is 0.167 e. The molecule has 0 aromatic carbocycles. The van der Waals surface area contributed by atoms with Gasteiger partial charge in [0.25, 0.3) is 0 Å². The first-order chi connectivity index (χ1) is 10.2. The van der Waals surface area contributed by atoms with Crippen LogP contribution in [0, 0.1) is 11.3 Å². The molecule has 114 valence electrons. The minimum Gasteiger partial charge on any atom is -0.376 e. The van der Waals surface area contributed by atoms with Crippen molar-refractivity contribution in [3.8, 4) is 6.07 Å². The average Bonchev–Trinajstić information content (AvgIpc) is 2.51. The largest absolute Gasteiger partial charge is 0.376 e. The molecule has 3 unspecified atom stereocenters. The van der Waals surface area contributed by atoms with E-state index in [-0.39, 0.29) is 18.2 Å². The van der Waals surface area contributed by atoms with E-state index in [0.717, 1.165) is 30.5 Å². The molecule has 1 heterocycles. The van der Waals surface area contributed by atoms with Gasteiger partial charge in [-0.2, -0.15) is 10.4 Å². The van der Waals surface area contributed by atoms with Crippen LogP contribution in [0.4, 0.5) is 5.82 Å². The highest BCUT2D eigenvalue weighted by molar-refractivity contribution is 5.57. The molecule has 1 aliphatic rings. The number of nitrogens with zero attached hydrogens (tertiary/aromatic N) is 3. The molecule has 0 spiro atoms. The summed E-state index contributed by atoms with van der Waals surface area (Å²) >= 11 is 0. The van der Waals surface area contributed by atoms with Gasteiger partial charge >= 0.3 is 0 Å². The van der Waals surface area contributed by atoms with Crippen LogP contribution in [0.25, 0.3) is 0 Å². The first-order valence-electron chi connectivity index (χ1n) is 7.58. The molecule has 1 saturated carbocycles. The van der Waals surface area contributed by atoms with E-state index in [1.165, 1.54) is 0 Å². The zero-order chi connectivity index (χ0) is 15.4. The lowest BCUT2D eigenvalue weighted by molar-refractivity contribution is -0.0127. The zero-order valence-corrected chi connectivity index (χ0v) is 12.9. The molecule has 0 radical (unpaired) electrons. The Bertz CT molecular complexity index is 538. The van der Waals surface area contributed by atoms with Crippen molar-refractivity contribution in [1.29, 1.82) is 5.26 Å². The maximum atomic E-state index is 9.47. The number of rotatable bonds is 6. The molecule has 1 fully saturated rings. The van der Waals surface area contributed by atoms with E-state index in [9.17, 15) is 5.26 Å². The summed E-state index contributed by atoms with van der Waals surface area (Å²) in [6.45, 7) is 6.66. The standard InChI is InChI=1S/C15H23N5O/c1-4-9-10(8-16)15(20-19-12(9)5-2)18-14-11(17)7-13(14)21-6-3/h11,13-14H,4-7,17H2,1-3H3,(H,18,20). The molecule has 0 amide bonds. The van der Waals surface area contributed by atoms with Crippen LogP contribution in [-0.2, 0) is 17.6 Å². The SMILES string of the molecule is CCOC1CC(N)C1Nc1nnc(CC)c(CC)c1C#N. The van der Waals surface area contributed by atoms with Crippen LogP contribution in [0.15, 0.2) is 0 Å². The molecular weight excluding hydrogens is 266 g/mol. The van der Waals surface area contributed by atoms with Crippen molar-refractivity contribution in [2.75, 3.05) is 11.9 Å². The first kappa shape index (κ1) is 15.7. The van der Waals surface area contributed by atoms with Gasteiger partial charge < -0.3 is 15.8 Å². The maximum absolute atomic E-state index is 9.47. The number of nitriles is 1. The van der Waals surface area contributed by atoms with Crippen molar-refractivity contribution >= 4 is 5.82 Å². The molecule has 6 heteroatoms. The van der Waals surface area contributed by atoms with Gasteiger partial charge in [-0.05, 0) is 31.7 Å². The summed E-state index contributed by atoms with van der Waals surface area (Å²) < 4.78 is 5.63. The quantitative estimate of drug-likeness (QED) is 0.821. The fraction of sp³-hybridized carbons (Fsp3) is 0.667. The van der Waals surface area contributed by atoms with Crippen molar-refractivity contribution in [3.63, 3.8) is 0 Å². The van der Waals surface area contributed by atoms with E-state index in [1.54, 1.807) is 0 Å². The van der Waals surface area contributed by atoms with Gasteiger partial charge in [0.15, 0.2) is 5.82 Å². The lowest BCUT2D eigenvalue weighted by Gasteiger charge is -2.42. The molecule has 1 aliphatic carbocycles. The minimum atomic E-state index is -0.0106. The highest BCUT2D eigenvalue weighted by Crippen LogP contribution is 2.28. The third-order valence-electron chi connectivity index (χ3n) is 4.01. The van der Waals surface area contributed by atoms with E-state index < -0.39 is 0 Å². The highest BCUT2D eigenvalue weighted by Gasteiger charge is 2.40. The highest BCUT2D eigenvalue weighted by atomic mass is 16.5. The number of hydrogen-bond donors (Lipinski definition) is 2. The van der Waals surface area contributed by atoms with Crippen molar-refractivity contribution in [1.82, 2.24) is 10.2 Å². The van der Waals surface area contributed by atoms with E-state index in [0.29, 0.717) is 18.0 Å². The van der Waals surface area contributed by atoms with Gasteiger partial charge in [0, 0.05) is 12.6 Å². The Labute approximate surface area is 125 Å². The summed E-state index contributed by atoms with van der Waals surface area (Å²) in [4.78, 5) is 0. The van der Waals surface area contributed by atoms with Crippen molar-refractivity contribution < 1.29 is 4.74 Å². The topological polar surface area (TPSA) is 96.8 Å². The third-order valence-corrected chi connectivity index (χ3v) is 4.01. The monoisotopic (exact) mass is 289 g/mol. The smallest absolute Gasteiger partial charge is 0.167 e. The fourth-order valence-corrected chi connectivity index (χ4v) is 2.78. The number of anilines is 1. The molecule has 2 rings (SSSR count). The van der Waals surface area contributed by atoms with E-state index in [4.69, 9.17) is 10.5 Å². The third kappa shape index (κ3) is 2.99. The predicted molar refractivity (Wildman–Crippen MR) is 80.9 cm³/mol. The Morgan fingerprint density at radius 1 is 1.33 bits per heavy atom. The van der Waals surface area contributed by atoms with Gasteiger partial charge in [-0.3, -0.25) is 0 Å². The van der Waals surface area contributed by atoms with Crippen molar-refractivity contribution in [3.05, 3.63) is 16.8 Å². The second-order valence-electron chi connectivity index (χ2n) is 5.23. The summed E-state index contributed by atoms with van der Waals surface area (Å²) in [6, 6.07) is 2.27. The number of ether oxygens (including phenoxy) is 1. The van der Waals surface area contributed by atoms with Gasteiger partial charge in [0.2, 0.25) is 0 Å². The Morgan fingerprint density at radius 2 is 2.10 bits per heavy atom. The number of aromatic nitrogens is 2. The van der Waals surface area contributed by atoms with E-state index in [2.05, 4.69) is 21.6 Å². The first-order valence-corrected chi connectivity index (χ1v) is 7.58. The molecule has 3 atom stereocenters. The Kier molecular flexibility index (Phi) is 5.10. The van der Waals surface area contributed by atoms with Crippen LogP contribution in [0.5, 0.6) is 0 Å². The predicted octanol–water partition coefficient (Wildman–Crippen LogP) is 1.39. The van der Waals surface area contributed by atoms with Crippen LogP contribution in [0.2, 0.25) is 0 Å². The van der Waals surface area contributed by atoms with Crippen LogP contribution < -0.4 is 11.1 Å². The molecular formula is C15H23N5O. The minimum absolute atomic E-state index is 0.0106. The van der Waals surface area contributed by atoms with Gasteiger partial charge in [-0.15, -0.1) is 5.10 Å². The summed E-state index contributed by atoms with van der Waals surface area (Å²) in [5.74, 6) is 0.524. The number of nitrogens with two attached hydrogens (primary N) is 1.